The maximum absolute atomic E-state index is 15.7. The van der Waals surface area contributed by atoms with E-state index in [1.165, 1.54) is 29.2 Å². The summed E-state index contributed by atoms with van der Waals surface area (Å²) in [5, 5.41) is 12.4. The predicted octanol–water partition coefficient (Wildman–Crippen LogP) is 5.06. The van der Waals surface area contributed by atoms with Crippen molar-refractivity contribution in [1.29, 1.82) is 0 Å². The number of alkyl halides is 2. The number of aromatic nitrogens is 3. The maximum atomic E-state index is 15.7. The monoisotopic (exact) mass is 877 g/mol. The normalized spacial score (nSPS) is 23.9. The Morgan fingerprint density at radius 1 is 0.762 bits per heavy atom. The molecule has 340 valence electrons. The predicted molar refractivity (Wildman–Crippen MR) is 231 cm³/mol. The first kappa shape index (κ1) is 44.6. The molecule has 2 aliphatic heterocycles. The molecule has 4 aliphatic rings. The third kappa shape index (κ3) is 9.31. The highest BCUT2D eigenvalue weighted by molar-refractivity contribution is 5.93. The summed E-state index contributed by atoms with van der Waals surface area (Å²) in [5.41, 5.74) is 2.28. The first-order valence-corrected chi connectivity index (χ1v) is 22.5. The molecule has 17 heteroatoms. The number of likely N-dealkylation sites (tertiary alicyclic amines) is 2. The number of imidazole rings is 1. The van der Waals surface area contributed by atoms with Crippen LogP contribution in [0.3, 0.4) is 0 Å². The lowest BCUT2D eigenvalue weighted by Gasteiger charge is -2.35. The lowest BCUT2D eigenvalue weighted by atomic mass is 9.83. The first-order chi connectivity index (χ1) is 30.2. The minimum absolute atomic E-state index is 0.0118. The van der Waals surface area contributed by atoms with Gasteiger partial charge in [-0.1, -0.05) is 19.3 Å². The number of halogens is 4. The van der Waals surface area contributed by atoms with Crippen LogP contribution >= 0.6 is 0 Å². The van der Waals surface area contributed by atoms with Crippen LogP contribution in [-0.4, -0.2) is 124 Å². The molecule has 4 amide bonds. The first-order valence-electron chi connectivity index (χ1n) is 22.5. The van der Waals surface area contributed by atoms with Crippen LogP contribution in [0.1, 0.15) is 77.2 Å². The van der Waals surface area contributed by atoms with E-state index in [1.54, 1.807) is 45.0 Å². The highest BCUT2D eigenvalue weighted by Gasteiger charge is 2.46. The van der Waals surface area contributed by atoms with Gasteiger partial charge in [0.2, 0.25) is 23.6 Å². The van der Waals surface area contributed by atoms with Crippen molar-refractivity contribution < 1.29 is 36.7 Å². The average molecular weight is 878 g/mol. The van der Waals surface area contributed by atoms with Crippen LogP contribution in [0, 0.1) is 23.5 Å². The lowest BCUT2D eigenvalue weighted by Crippen LogP contribution is -2.56. The standard InChI is InChI=1S/C46H59F4N9O4/c1-24(51-3)43(60)55-39(26-8-6-5-7-9-26)45(62)57-21-30(49)16-32(57)20-35-34-14-12-28(47)18-36(34)53-41(35)42-54-37-19-29(48)13-15-38(37)59(42)23-33-17-31(50)22-58(33)46(63)40(27-10-11-27)56-44(61)25(2)52-4/h12-15,18-19,24-27,30-33,39-40,51-53H,5-11,16-17,20-23H2,1-4H3,(H,55,60)(H,56,61)/t24-,25-,30-,31-,32-,33-,39?,40?/m0/s1. The van der Waals surface area contributed by atoms with Crippen LogP contribution in [0.4, 0.5) is 17.6 Å². The number of rotatable bonds is 15. The van der Waals surface area contributed by atoms with Gasteiger partial charge in [0.15, 0.2) is 5.82 Å². The fourth-order valence-electron chi connectivity index (χ4n) is 10.0. The number of aromatic amines is 1. The number of likely N-dealkylation sites (N-methyl/N-ethyl adjacent to an activating group) is 2. The molecule has 2 aromatic heterocycles. The van der Waals surface area contributed by atoms with E-state index in [1.807, 2.05) is 4.57 Å². The molecule has 0 spiro atoms. The lowest BCUT2D eigenvalue weighted by molar-refractivity contribution is -0.139. The molecule has 0 radical (unpaired) electrons. The highest BCUT2D eigenvalue weighted by atomic mass is 19.1. The second-order valence-corrected chi connectivity index (χ2v) is 18.2. The van der Waals surface area contributed by atoms with Crippen molar-refractivity contribution >= 4 is 45.6 Å². The number of hydrogen-bond acceptors (Lipinski definition) is 7. The number of nitrogens with zero attached hydrogens (tertiary/aromatic N) is 4. The van der Waals surface area contributed by atoms with Gasteiger partial charge in [0.25, 0.3) is 0 Å². The summed E-state index contributed by atoms with van der Waals surface area (Å²) in [4.78, 5) is 66.5. The van der Waals surface area contributed by atoms with E-state index in [4.69, 9.17) is 4.98 Å². The van der Waals surface area contributed by atoms with E-state index in [0.29, 0.717) is 39.0 Å². The van der Waals surface area contributed by atoms with Crippen LogP contribution in [0.2, 0.25) is 0 Å². The van der Waals surface area contributed by atoms with Gasteiger partial charge < -0.3 is 40.6 Å². The van der Waals surface area contributed by atoms with Gasteiger partial charge in [-0.05, 0) is 108 Å². The number of H-pyrrole nitrogens is 1. The summed E-state index contributed by atoms with van der Waals surface area (Å²) in [5.74, 6) is -2.25. The Labute approximate surface area is 364 Å². The van der Waals surface area contributed by atoms with Gasteiger partial charge in [0.1, 0.15) is 36.1 Å². The maximum Gasteiger partial charge on any atom is 0.245 e. The smallest absolute Gasteiger partial charge is 0.245 e. The van der Waals surface area contributed by atoms with Crippen molar-refractivity contribution in [2.24, 2.45) is 11.8 Å². The van der Waals surface area contributed by atoms with E-state index in [2.05, 4.69) is 26.3 Å². The third-order valence-corrected chi connectivity index (χ3v) is 13.9. The number of carbonyl (C=O) groups is 4. The van der Waals surface area contributed by atoms with Crippen LogP contribution in [0.15, 0.2) is 36.4 Å². The van der Waals surface area contributed by atoms with Crippen molar-refractivity contribution in [2.45, 2.75) is 133 Å². The molecule has 4 fully saturated rings. The van der Waals surface area contributed by atoms with Crippen LogP contribution in [0.25, 0.3) is 33.5 Å². The minimum Gasteiger partial charge on any atom is -0.352 e. The topological polar surface area (TPSA) is 156 Å². The fourth-order valence-corrected chi connectivity index (χ4v) is 10.0. The molecule has 63 heavy (non-hydrogen) atoms. The Kier molecular flexibility index (Phi) is 13.2. The minimum atomic E-state index is -1.34. The molecule has 4 heterocycles. The number of hydrogen-bond donors (Lipinski definition) is 5. The van der Waals surface area contributed by atoms with Gasteiger partial charge >= 0.3 is 0 Å². The Bertz CT molecular complexity index is 2340. The van der Waals surface area contributed by atoms with E-state index in [9.17, 15) is 28.0 Å². The van der Waals surface area contributed by atoms with Crippen LogP contribution in [0.5, 0.6) is 0 Å². The Balaban J connectivity index is 1.16. The van der Waals surface area contributed by atoms with Gasteiger partial charge in [-0.2, -0.15) is 0 Å². The van der Waals surface area contributed by atoms with Gasteiger partial charge in [-0.25, -0.2) is 22.5 Å². The molecule has 2 saturated carbocycles. The largest absolute Gasteiger partial charge is 0.352 e. The van der Waals surface area contributed by atoms with Crippen molar-refractivity contribution in [3.8, 4) is 11.5 Å². The molecule has 5 N–H and O–H groups in total. The molecular weight excluding hydrogens is 819 g/mol. The number of amides is 4. The highest BCUT2D eigenvalue weighted by Crippen LogP contribution is 2.39. The summed E-state index contributed by atoms with van der Waals surface area (Å²) >= 11 is 0. The number of benzene rings is 2. The number of nitrogens with one attached hydrogen (secondary N) is 5. The van der Waals surface area contributed by atoms with E-state index in [-0.39, 0.29) is 74.4 Å². The molecule has 2 unspecified atom stereocenters. The molecule has 2 aromatic carbocycles. The quantitative estimate of drug-likeness (QED) is 0.105. The molecule has 0 bridgehead atoms. The van der Waals surface area contributed by atoms with Crippen LogP contribution < -0.4 is 21.3 Å². The second kappa shape index (κ2) is 18.6. The Hall–Kier alpha value is -5.03. The molecule has 2 saturated heterocycles. The Morgan fingerprint density at radius 3 is 1.92 bits per heavy atom. The van der Waals surface area contributed by atoms with Crippen molar-refractivity contribution in [3.63, 3.8) is 0 Å². The van der Waals surface area contributed by atoms with Crippen molar-refractivity contribution in [2.75, 3.05) is 27.2 Å². The van der Waals surface area contributed by atoms with Crippen molar-refractivity contribution in [3.05, 3.63) is 53.6 Å². The Morgan fingerprint density at radius 2 is 1.32 bits per heavy atom. The van der Waals surface area contributed by atoms with Gasteiger partial charge in [0, 0.05) is 42.4 Å². The van der Waals surface area contributed by atoms with E-state index < -0.39 is 60.2 Å². The molecule has 13 nitrogen and oxygen atoms in total. The summed E-state index contributed by atoms with van der Waals surface area (Å²) in [6.45, 7) is 3.15. The molecule has 4 aromatic rings. The summed E-state index contributed by atoms with van der Waals surface area (Å²) in [6.07, 6.45) is 3.43. The zero-order chi connectivity index (χ0) is 44.7. The zero-order valence-electron chi connectivity index (χ0n) is 36.4. The van der Waals surface area contributed by atoms with E-state index >= 15 is 8.78 Å². The van der Waals surface area contributed by atoms with Gasteiger partial charge in [-0.3, -0.25) is 19.2 Å². The third-order valence-electron chi connectivity index (χ3n) is 13.9. The van der Waals surface area contributed by atoms with Gasteiger partial charge in [-0.15, -0.1) is 0 Å². The average Bonchev–Trinajstić information content (AvgIpc) is 3.64. The summed E-state index contributed by atoms with van der Waals surface area (Å²) in [7, 11) is 3.32. The molecular formula is C46H59F4N9O4. The fraction of sp³-hybridized carbons (Fsp3) is 0.587. The molecule has 8 atom stereocenters. The van der Waals surface area contributed by atoms with E-state index in [0.717, 1.165) is 44.9 Å². The number of carbonyl (C=O) groups excluding carboxylic acids is 4. The summed E-state index contributed by atoms with van der Waals surface area (Å²) < 4.78 is 62.8. The number of fused-ring (bicyclic) bond motifs is 2. The van der Waals surface area contributed by atoms with Gasteiger partial charge in [0.05, 0.1) is 47.9 Å². The summed E-state index contributed by atoms with van der Waals surface area (Å²) in [6, 6.07) is 4.37. The van der Waals surface area contributed by atoms with Crippen LogP contribution in [-0.2, 0) is 32.1 Å². The second-order valence-electron chi connectivity index (χ2n) is 18.2. The molecule has 2 aliphatic carbocycles. The zero-order valence-corrected chi connectivity index (χ0v) is 36.4. The molecule has 8 rings (SSSR count). The SMILES string of the molecule is CN[C@@H](C)C(=O)NC(C(=O)N1C[C@@H](F)C[C@H]1Cc1c(-c2nc3cc(F)ccc3n2C[C@@H]2C[C@H](F)CN2C(=O)C(NC(=O)[C@H](C)NC)C2CC2)[nH]c2cc(F)ccc12)C1CCCCC1. The van der Waals surface area contributed by atoms with Crippen molar-refractivity contribution in [1.82, 2.24) is 45.6 Å².